The van der Waals surface area contributed by atoms with E-state index in [1.165, 1.54) is 6.42 Å². The van der Waals surface area contributed by atoms with Crippen LogP contribution >= 0.6 is 0 Å². The lowest BCUT2D eigenvalue weighted by Crippen LogP contribution is -2.53. The van der Waals surface area contributed by atoms with Crippen LogP contribution in [0, 0.1) is 0 Å². The Morgan fingerprint density at radius 3 is 3.06 bits per heavy atom. The van der Waals surface area contributed by atoms with Crippen LogP contribution in [0.3, 0.4) is 0 Å². The van der Waals surface area contributed by atoms with Crippen LogP contribution in [0.15, 0.2) is 24.3 Å². The van der Waals surface area contributed by atoms with E-state index >= 15 is 0 Å². The van der Waals surface area contributed by atoms with Crippen molar-refractivity contribution in [3.05, 3.63) is 29.8 Å². The fraction of sp³-hybridized carbons (Fsp3) is 0.538. The maximum absolute atomic E-state index is 6.24. The Kier molecular flexibility index (Phi) is 2.37. The number of ether oxygens (including phenoxy) is 1. The van der Waals surface area contributed by atoms with Crippen molar-refractivity contribution >= 4 is 0 Å². The van der Waals surface area contributed by atoms with E-state index < -0.39 is 0 Å². The smallest absolute Gasteiger partial charge is 0.124 e. The summed E-state index contributed by atoms with van der Waals surface area (Å²) < 4.78 is 6.19. The number of benzene rings is 1. The Hall–Kier alpha value is -1.06. The number of rotatable bonds is 0. The van der Waals surface area contributed by atoms with Crippen LogP contribution < -0.4 is 15.8 Å². The molecule has 3 rings (SSSR count). The summed E-state index contributed by atoms with van der Waals surface area (Å²) in [7, 11) is 0. The maximum Gasteiger partial charge on any atom is 0.124 e. The third kappa shape index (κ3) is 1.60. The van der Waals surface area contributed by atoms with E-state index in [2.05, 4.69) is 11.4 Å². The molecule has 1 aromatic carbocycles. The number of fused-ring (bicyclic) bond motifs is 1. The molecular formula is C13H18N2O. The van der Waals surface area contributed by atoms with Crippen LogP contribution in [0.2, 0.25) is 0 Å². The third-order valence-electron chi connectivity index (χ3n) is 3.67. The van der Waals surface area contributed by atoms with Crippen molar-refractivity contribution < 1.29 is 4.74 Å². The number of hydrogen-bond acceptors (Lipinski definition) is 3. The maximum atomic E-state index is 6.24. The van der Waals surface area contributed by atoms with E-state index in [0.29, 0.717) is 0 Å². The lowest BCUT2D eigenvalue weighted by Gasteiger charge is -2.43. The van der Waals surface area contributed by atoms with E-state index in [1.54, 1.807) is 0 Å². The van der Waals surface area contributed by atoms with Gasteiger partial charge in [0, 0.05) is 24.6 Å². The van der Waals surface area contributed by atoms with Crippen molar-refractivity contribution in [3.63, 3.8) is 0 Å². The van der Waals surface area contributed by atoms with Gasteiger partial charge in [-0.1, -0.05) is 18.2 Å². The van der Waals surface area contributed by atoms with E-state index in [9.17, 15) is 0 Å². The summed E-state index contributed by atoms with van der Waals surface area (Å²) in [5.41, 5.74) is 7.33. The first-order chi connectivity index (χ1) is 7.79. The Balaban J connectivity index is 1.93. The second-order valence-electron chi connectivity index (χ2n) is 4.91. The molecule has 2 atom stereocenters. The molecule has 86 valence electrons. The van der Waals surface area contributed by atoms with Gasteiger partial charge in [-0.2, -0.15) is 0 Å². The van der Waals surface area contributed by atoms with Gasteiger partial charge in [-0.25, -0.2) is 0 Å². The number of piperidine rings is 1. The van der Waals surface area contributed by atoms with Crippen LogP contribution in [0.1, 0.15) is 30.9 Å². The first-order valence-electron chi connectivity index (χ1n) is 6.03. The molecule has 0 aromatic heterocycles. The first kappa shape index (κ1) is 10.1. The number of para-hydroxylation sites is 1. The highest BCUT2D eigenvalue weighted by molar-refractivity contribution is 5.38. The average Bonchev–Trinajstić information content (AvgIpc) is 2.30. The molecule has 3 heteroatoms. The molecule has 1 spiro atoms. The number of hydrogen-bond donors (Lipinski definition) is 2. The Morgan fingerprint density at radius 1 is 1.38 bits per heavy atom. The van der Waals surface area contributed by atoms with Crippen molar-refractivity contribution in [3.8, 4) is 5.75 Å². The molecule has 3 nitrogen and oxygen atoms in total. The minimum absolute atomic E-state index is 0.0635. The zero-order valence-electron chi connectivity index (χ0n) is 9.41. The van der Waals surface area contributed by atoms with Crippen LogP contribution in [0.4, 0.5) is 0 Å². The lowest BCUT2D eigenvalue weighted by molar-refractivity contribution is 0.0137. The van der Waals surface area contributed by atoms with Gasteiger partial charge in [-0.3, -0.25) is 0 Å². The first-order valence-corrected chi connectivity index (χ1v) is 6.03. The minimum atomic E-state index is -0.0635. The van der Waals surface area contributed by atoms with Crippen LogP contribution in [-0.4, -0.2) is 18.7 Å². The van der Waals surface area contributed by atoms with Gasteiger partial charge in [0.1, 0.15) is 11.4 Å². The molecule has 0 amide bonds. The summed E-state index contributed by atoms with van der Waals surface area (Å²) in [4.78, 5) is 0. The monoisotopic (exact) mass is 218 g/mol. The van der Waals surface area contributed by atoms with Gasteiger partial charge in [0.25, 0.3) is 0 Å². The minimum Gasteiger partial charge on any atom is -0.486 e. The highest BCUT2D eigenvalue weighted by atomic mass is 16.5. The lowest BCUT2D eigenvalue weighted by atomic mass is 9.83. The second-order valence-corrected chi connectivity index (χ2v) is 4.91. The molecule has 16 heavy (non-hydrogen) atoms. The summed E-state index contributed by atoms with van der Waals surface area (Å²) >= 11 is 0. The average molecular weight is 218 g/mol. The van der Waals surface area contributed by atoms with Gasteiger partial charge in [-0.15, -0.1) is 0 Å². The van der Waals surface area contributed by atoms with Crippen LogP contribution in [-0.2, 0) is 0 Å². The zero-order chi connectivity index (χ0) is 11.0. The molecular weight excluding hydrogens is 200 g/mol. The SMILES string of the molecule is N[C@@H]1CC2(CCCNC2)Oc2ccccc21. The molecule has 0 aliphatic carbocycles. The molecule has 0 radical (unpaired) electrons. The summed E-state index contributed by atoms with van der Waals surface area (Å²) in [6.45, 7) is 2.02. The summed E-state index contributed by atoms with van der Waals surface area (Å²) in [5, 5.41) is 3.42. The predicted molar refractivity (Wildman–Crippen MR) is 63.5 cm³/mol. The van der Waals surface area contributed by atoms with E-state index in [-0.39, 0.29) is 11.6 Å². The molecule has 0 bridgehead atoms. The van der Waals surface area contributed by atoms with E-state index in [1.807, 2.05) is 18.2 Å². The van der Waals surface area contributed by atoms with Gasteiger partial charge in [0.2, 0.25) is 0 Å². The van der Waals surface area contributed by atoms with Crippen LogP contribution in [0.5, 0.6) is 5.75 Å². The molecule has 2 aliphatic rings. The van der Waals surface area contributed by atoms with E-state index in [0.717, 1.165) is 37.2 Å². The molecule has 1 unspecified atom stereocenters. The standard InChI is InChI=1S/C13H18N2O/c14-11-8-13(6-3-7-15-9-13)16-12-5-2-1-4-10(11)12/h1-2,4-5,11,15H,3,6-9,14H2/t11-,13?/m1/s1. The highest BCUT2D eigenvalue weighted by Gasteiger charge is 2.40. The quantitative estimate of drug-likeness (QED) is 0.695. The Labute approximate surface area is 96.0 Å². The molecule has 1 aromatic rings. The molecule has 0 saturated carbocycles. The normalized spacial score (nSPS) is 33.2. The molecule has 2 heterocycles. The molecule has 1 saturated heterocycles. The summed E-state index contributed by atoms with van der Waals surface area (Å²) in [6, 6.07) is 8.26. The van der Waals surface area contributed by atoms with Gasteiger partial charge < -0.3 is 15.8 Å². The molecule has 1 fully saturated rings. The van der Waals surface area contributed by atoms with Gasteiger partial charge in [-0.05, 0) is 25.5 Å². The fourth-order valence-corrected chi connectivity index (χ4v) is 2.87. The second kappa shape index (κ2) is 3.75. The topological polar surface area (TPSA) is 47.3 Å². The Morgan fingerprint density at radius 2 is 2.25 bits per heavy atom. The highest BCUT2D eigenvalue weighted by Crippen LogP contribution is 2.40. The number of nitrogens with one attached hydrogen (secondary N) is 1. The van der Waals surface area contributed by atoms with Crippen molar-refractivity contribution in [2.75, 3.05) is 13.1 Å². The third-order valence-corrected chi connectivity index (χ3v) is 3.67. The van der Waals surface area contributed by atoms with Crippen molar-refractivity contribution in [1.29, 1.82) is 0 Å². The van der Waals surface area contributed by atoms with Crippen molar-refractivity contribution in [2.45, 2.75) is 30.9 Å². The molecule has 2 aliphatic heterocycles. The molecule has 3 N–H and O–H groups in total. The predicted octanol–water partition coefficient (Wildman–Crippen LogP) is 1.59. The van der Waals surface area contributed by atoms with Crippen molar-refractivity contribution in [1.82, 2.24) is 5.32 Å². The summed E-state index contributed by atoms with van der Waals surface area (Å²) in [5.74, 6) is 0.977. The van der Waals surface area contributed by atoms with Gasteiger partial charge >= 0.3 is 0 Å². The zero-order valence-corrected chi connectivity index (χ0v) is 9.41. The number of nitrogens with two attached hydrogens (primary N) is 1. The van der Waals surface area contributed by atoms with Crippen LogP contribution in [0.25, 0.3) is 0 Å². The fourth-order valence-electron chi connectivity index (χ4n) is 2.87. The Bertz CT molecular complexity index is 385. The van der Waals surface area contributed by atoms with Crippen molar-refractivity contribution in [2.24, 2.45) is 5.73 Å². The van der Waals surface area contributed by atoms with E-state index in [4.69, 9.17) is 10.5 Å². The van der Waals surface area contributed by atoms with Gasteiger partial charge in [0.15, 0.2) is 0 Å². The summed E-state index contributed by atoms with van der Waals surface area (Å²) in [6.07, 6.45) is 3.22. The van der Waals surface area contributed by atoms with Gasteiger partial charge in [0.05, 0.1) is 0 Å². The largest absolute Gasteiger partial charge is 0.486 e.